The Morgan fingerprint density at radius 1 is 0.304 bits per heavy atom. The molecule has 0 spiro atoms. The predicted octanol–water partition coefficient (Wildman–Crippen LogP) is 20.5. The van der Waals surface area contributed by atoms with E-state index in [1.54, 1.807) is 125 Å². The minimum Gasteiger partial charge on any atom is -0.477 e. The summed E-state index contributed by atoms with van der Waals surface area (Å²) in [6, 6.07) is 102. The van der Waals surface area contributed by atoms with Crippen molar-refractivity contribution < 1.29 is 156 Å². The molecule has 12 aromatic carbocycles. The van der Waals surface area contributed by atoms with Crippen molar-refractivity contribution in [2.45, 2.75) is 104 Å². The zero-order valence-electron chi connectivity index (χ0n) is 73.0. The number of aliphatic hydroxyl groups is 6. The molecule has 0 aliphatic carbocycles. The molecule has 0 fully saturated rings. The van der Waals surface area contributed by atoms with E-state index in [1.807, 2.05) is 171 Å². The minimum absolute atomic E-state index is 0. The van der Waals surface area contributed by atoms with E-state index in [0.717, 1.165) is 57.0 Å². The van der Waals surface area contributed by atoms with Crippen LogP contribution in [-0.4, -0.2) is 142 Å². The van der Waals surface area contributed by atoms with E-state index in [-0.39, 0.29) is 152 Å². The van der Waals surface area contributed by atoms with Crippen molar-refractivity contribution >= 4 is 5.97 Å². The molecule has 6 unspecified atom stereocenters. The minimum atomic E-state index is -4.43. The van der Waals surface area contributed by atoms with Crippen molar-refractivity contribution in [3.05, 3.63) is 392 Å². The van der Waals surface area contributed by atoms with E-state index in [4.69, 9.17) is 35.7 Å². The first-order chi connectivity index (χ1) is 63.0. The molecule has 708 valence electrons. The summed E-state index contributed by atoms with van der Waals surface area (Å²) in [5, 5.41) is 93.9. The van der Waals surface area contributed by atoms with Gasteiger partial charge in [0.2, 0.25) is 0 Å². The Morgan fingerprint density at radius 3 is 0.852 bits per heavy atom. The largest absolute Gasteiger partial charge is 0.477 e. The number of hydrogen-bond donors (Lipinski definition) is 7. The summed E-state index contributed by atoms with van der Waals surface area (Å²) in [6.45, 7) is 9.96. The monoisotopic (exact) mass is 2550 g/mol. The third-order valence-electron chi connectivity index (χ3n) is 18.3. The summed E-state index contributed by atoms with van der Waals surface area (Å²) >= 11 is 0. The number of aromatic nitrogens is 13. The number of benzene rings is 12. The number of carbonyl (C=O) groups is 1. The molecule has 0 aliphatic heterocycles. The third kappa shape index (κ3) is 34.2. The fraction of sp³-hybridized carbons (Fsp3) is 0.157. The Bertz CT molecular complexity index is 5820. The Balaban J connectivity index is 0.000000248. The summed E-state index contributed by atoms with van der Waals surface area (Å²) in [4.78, 5) is 13.7. The van der Waals surface area contributed by atoms with Gasteiger partial charge in [-0.05, 0) is 188 Å². The number of alkyl halides is 3. The molecular weight excluding hydrogens is 2460 g/mol. The normalized spacial score (nSPS) is 11.7. The molecule has 0 amide bonds. The average molecular weight is 2550 g/mol. The molecule has 17 rings (SSSR count). The number of carboxylic acid groups (broad SMARTS) is 1. The smallest absolute Gasteiger partial charge is 0.416 e. The van der Waals surface area contributed by atoms with Gasteiger partial charge in [-0.1, -0.05) is 109 Å². The van der Waals surface area contributed by atoms with E-state index in [1.165, 1.54) is 79.0 Å². The SMILES string of the molecule is CC(O)CC(C)O.CC(O)CC(C)O.CC(O)CC(C)O.FC(F)(F)c1cccc(-n2c(-c3[c-]cccc3)nnc2-c2ccccc2)c1.Fc1c[c-]c(-c2nnc(-c3ccc(F)cc3)n2-c2ccccc2)cc1.Fc1c[c-]c(-c2nnc(-c3ccc(F)cc3)n2-c2ccccc2)cc1.Fc1ccc(-n2c(-c3[c-]cccc3)nnc2-c2ccccc2)cc1.O=C(O)c1ccccn1.[Ir].[Ir].[Ir].[Ir]. The molecule has 7 N–H and O–H groups in total. The zero-order valence-corrected chi connectivity index (χ0v) is 82.6. The Kier molecular flexibility index (Phi) is 46.3. The second-order valence-electron chi connectivity index (χ2n) is 29.4. The van der Waals surface area contributed by atoms with Gasteiger partial charge in [0, 0.05) is 143 Å². The Hall–Kier alpha value is -12.4. The van der Waals surface area contributed by atoms with Gasteiger partial charge in [0.15, 0.2) is 23.3 Å². The first-order valence-electron chi connectivity index (χ1n) is 41.0. The van der Waals surface area contributed by atoms with E-state index in [0.29, 0.717) is 88.2 Å². The van der Waals surface area contributed by atoms with Crippen LogP contribution < -0.4 is 0 Å². The van der Waals surface area contributed by atoms with Crippen molar-refractivity contribution in [2.24, 2.45) is 0 Å². The molecule has 0 bridgehead atoms. The van der Waals surface area contributed by atoms with Crippen LogP contribution in [0.1, 0.15) is 76.9 Å². The first-order valence-corrected chi connectivity index (χ1v) is 41.0. The van der Waals surface area contributed by atoms with E-state index < -0.39 is 17.7 Å². The van der Waals surface area contributed by atoms with Crippen LogP contribution >= 0.6 is 0 Å². The average Bonchev–Trinajstić information content (AvgIpc) is 1.65. The van der Waals surface area contributed by atoms with Gasteiger partial charge in [-0.15, -0.1) is 152 Å². The van der Waals surface area contributed by atoms with Gasteiger partial charge in [-0.3, -0.25) is 8.78 Å². The number of rotatable bonds is 19. The summed E-state index contributed by atoms with van der Waals surface area (Å²) in [5.41, 5.74) is 8.04. The molecular formula is C102H91F8Ir4N13O8-4. The molecule has 5 aromatic heterocycles. The topological polar surface area (TPSA) is 294 Å². The second kappa shape index (κ2) is 56.1. The number of nitrogens with zero attached hydrogens (tertiary/aromatic N) is 13. The van der Waals surface area contributed by atoms with Gasteiger partial charge in [0.1, 0.15) is 23.1 Å². The molecule has 6 atom stereocenters. The number of para-hydroxylation sites is 2. The van der Waals surface area contributed by atoms with Crippen LogP contribution in [0.25, 0.3) is 114 Å². The fourth-order valence-electron chi connectivity index (χ4n) is 12.6. The molecule has 33 heteroatoms. The maximum atomic E-state index is 13.3. The van der Waals surface area contributed by atoms with Crippen LogP contribution in [0.2, 0.25) is 0 Å². The van der Waals surface area contributed by atoms with Crippen molar-refractivity contribution in [1.29, 1.82) is 0 Å². The van der Waals surface area contributed by atoms with E-state index in [2.05, 4.69) is 70.0 Å². The van der Waals surface area contributed by atoms with Crippen LogP contribution in [0.3, 0.4) is 0 Å². The van der Waals surface area contributed by atoms with Crippen molar-refractivity contribution in [2.75, 3.05) is 0 Å². The molecule has 4 radical (unpaired) electrons. The maximum absolute atomic E-state index is 13.3. The van der Waals surface area contributed by atoms with Gasteiger partial charge in [-0.25, -0.2) is 22.9 Å². The van der Waals surface area contributed by atoms with E-state index in [9.17, 15) is 39.9 Å². The maximum Gasteiger partial charge on any atom is 0.416 e. The first kappa shape index (κ1) is 111. The van der Waals surface area contributed by atoms with Gasteiger partial charge in [-0.2, -0.15) is 33.6 Å². The van der Waals surface area contributed by atoms with Gasteiger partial charge in [0.05, 0.1) is 65.5 Å². The number of halogens is 8. The summed E-state index contributed by atoms with van der Waals surface area (Å²) < 4.78 is 113. The zero-order chi connectivity index (χ0) is 93.9. The van der Waals surface area contributed by atoms with Gasteiger partial charge in [0.25, 0.3) is 0 Å². The molecule has 17 aromatic rings. The van der Waals surface area contributed by atoms with Crippen LogP contribution in [0.5, 0.6) is 0 Å². The predicted molar refractivity (Wildman–Crippen MR) is 484 cm³/mol. The van der Waals surface area contributed by atoms with E-state index >= 15 is 0 Å². The standard InChI is InChI=1S/C21H13F3N3.2C20H12F2N3.C20H13FN3.C6H5NO2.3C5H12O2.4Ir/c22-21(23,24)17-12-7-13-18(14-17)27-19(15-8-3-1-4-9-15)25-26-20(27)16-10-5-2-6-11-16;2*21-16-10-6-14(7-11-16)19-23-24-20(15-8-12-17(22)13-9-15)25(19)18-4-2-1-3-5-18;21-17-11-13-18(14-12-17)24-19(15-7-3-1-4-8-15)22-23-20(24)16-9-5-2-6-10-16;8-6(9)5-3-1-2-4-7-5;3*1-4(6)3-5(2)7;;;;/h1-10,12-14H;2*1-8,10-13H;1-9,11-14H;1-4H,(H,8,9);3*4-7H,3H2,1-2H3;;;;/q4*-1;;;;;;;;. The van der Waals surface area contributed by atoms with Crippen LogP contribution in [-0.2, 0) is 86.6 Å². The van der Waals surface area contributed by atoms with Gasteiger partial charge >= 0.3 is 12.1 Å². The van der Waals surface area contributed by atoms with Crippen LogP contribution in [0.4, 0.5) is 35.1 Å². The molecule has 0 saturated heterocycles. The third-order valence-corrected chi connectivity index (χ3v) is 18.3. The fourth-order valence-corrected chi connectivity index (χ4v) is 12.6. The molecule has 5 heterocycles. The Labute approximate surface area is 829 Å². The van der Waals surface area contributed by atoms with Crippen molar-refractivity contribution in [3.8, 4) is 114 Å². The molecule has 135 heavy (non-hydrogen) atoms. The quantitative estimate of drug-likeness (QED) is 0.0292. The van der Waals surface area contributed by atoms with Crippen molar-refractivity contribution in [1.82, 2.24) is 64.0 Å². The van der Waals surface area contributed by atoms with Crippen LogP contribution in [0.15, 0.2) is 328 Å². The van der Waals surface area contributed by atoms with Gasteiger partial charge < -0.3 is 54.0 Å². The number of aromatic carboxylic acids is 1. The summed E-state index contributed by atoms with van der Waals surface area (Å²) in [7, 11) is 0. The van der Waals surface area contributed by atoms with Crippen molar-refractivity contribution in [3.63, 3.8) is 0 Å². The number of hydrogen-bond acceptors (Lipinski definition) is 16. The number of aliphatic hydroxyl groups excluding tert-OH is 6. The van der Waals surface area contributed by atoms with Crippen LogP contribution in [0, 0.1) is 53.4 Å². The molecule has 21 nitrogen and oxygen atoms in total. The Morgan fingerprint density at radius 2 is 0.578 bits per heavy atom. The molecule has 0 aliphatic rings. The number of pyridine rings is 1. The second-order valence-corrected chi connectivity index (χ2v) is 29.4. The summed E-state index contributed by atoms with van der Waals surface area (Å²) in [6.07, 6.45) is -3.82. The summed E-state index contributed by atoms with van der Waals surface area (Å²) in [5.74, 6) is 1.82. The number of carboxylic acids is 1. The molecule has 0 saturated carbocycles.